The first-order chi connectivity index (χ1) is 17.6. The molecule has 37 heavy (non-hydrogen) atoms. The van der Waals surface area contributed by atoms with Gasteiger partial charge in [0.15, 0.2) is 11.6 Å². The minimum atomic E-state index is -0.547. The van der Waals surface area contributed by atoms with Crippen LogP contribution in [-0.4, -0.2) is 44.0 Å². The Labute approximate surface area is 213 Å². The van der Waals surface area contributed by atoms with Gasteiger partial charge in [0.25, 0.3) is 0 Å². The van der Waals surface area contributed by atoms with Gasteiger partial charge in [-0.05, 0) is 39.0 Å². The Morgan fingerprint density at radius 2 is 1.89 bits per heavy atom. The molecule has 1 aromatic carbocycles. The molecule has 0 aliphatic carbocycles. The van der Waals surface area contributed by atoms with E-state index in [9.17, 15) is 9.59 Å². The molecule has 0 saturated heterocycles. The number of nitrogens with one attached hydrogen (secondary N) is 1. The molecule has 0 fully saturated rings. The van der Waals surface area contributed by atoms with Crippen LogP contribution in [0.1, 0.15) is 45.4 Å². The number of esters is 1. The topological polar surface area (TPSA) is 108 Å². The lowest BCUT2D eigenvalue weighted by Crippen LogP contribution is -2.31. The van der Waals surface area contributed by atoms with Crippen molar-refractivity contribution in [2.24, 2.45) is 11.8 Å². The molecule has 196 valence electrons. The summed E-state index contributed by atoms with van der Waals surface area (Å²) >= 11 is 0. The molecule has 10 heteroatoms. The van der Waals surface area contributed by atoms with Gasteiger partial charge < -0.3 is 19.2 Å². The molecule has 4 rings (SSSR count). The fourth-order valence-electron chi connectivity index (χ4n) is 4.15. The van der Waals surface area contributed by atoms with Gasteiger partial charge in [0.1, 0.15) is 36.1 Å². The van der Waals surface area contributed by atoms with Gasteiger partial charge in [-0.15, -0.1) is 0 Å². The van der Waals surface area contributed by atoms with E-state index in [-0.39, 0.29) is 24.0 Å². The van der Waals surface area contributed by atoms with Crippen molar-refractivity contribution >= 4 is 28.2 Å². The molecule has 3 heterocycles. The third-order valence-electron chi connectivity index (χ3n) is 6.56. The van der Waals surface area contributed by atoms with Crippen LogP contribution in [0.2, 0.25) is 0 Å². The van der Waals surface area contributed by atoms with Gasteiger partial charge in [0, 0.05) is 34.5 Å². The quantitative estimate of drug-likeness (QED) is 0.288. The number of fused-ring (bicyclic) bond motifs is 2. The maximum atomic E-state index is 15.1. The van der Waals surface area contributed by atoms with E-state index in [2.05, 4.69) is 15.1 Å². The van der Waals surface area contributed by atoms with Crippen LogP contribution >= 0.6 is 0 Å². The summed E-state index contributed by atoms with van der Waals surface area (Å²) in [7, 11) is 0. The molecule has 0 bridgehead atoms. The van der Waals surface area contributed by atoms with Gasteiger partial charge in [-0.2, -0.15) is 10.1 Å². The summed E-state index contributed by atoms with van der Waals surface area (Å²) in [5.41, 5.74) is 2.73. The number of carbonyl (C=O) groups is 2. The van der Waals surface area contributed by atoms with Crippen molar-refractivity contribution < 1.29 is 28.2 Å². The zero-order chi connectivity index (χ0) is 26.9. The summed E-state index contributed by atoms with van der Waals surface area (Å²) in [6, 6.07) is 5.02. The summed E-state index contributed by atoms with van der Waals surface area (Å²) in [5, 5.41) is 4.65. The third-order valence-corrected chi connectivity index (χ3v) is 6.56. The lowest BCUT2D eigenvalue weighted by molar-refractivity contribution is -0.157. The number of H-pyrrole nitrogens is 1. The SMILES string of the molecule is CCC(=O)C(C)C(C)C(=O)O[C@H](C)COc1cn2ncnc(Oc3ccc4[nH]c(C)cc4c3F)c2c1C. The molecule has 0 aliphatic heterocycles. The Morgan fingerprint density at radius 1 is 1.14 bits per heavy atom. The summed E-state index contributed by atoms with van der Waals surface area (Å²) in [6.45, 7) is 10.7. The van der Waals surface area contributed by atoms with E-state index in [0.29, 0.717) is 34.2 Å². The molecular formula is C27H31FN4O5. The van der Waals surface area contributed by atoms with Crippen LogP contribution in [-0.2, 0) is 14.3 Å². The van der Waals surface area contributed by atoms with Crippen molar-refractivity contribution in [3.63, 3.8) is 0 Å². The van der Waals surface area contributed by atoms with Crippen molar-refractivity contribution in [1.82, 2.24) is 19.6 Å². The summed E-state index contributed by atoms with van der Waals surface area (Å²) < 4.78 is 33.9. The third kappa shape index (κ3) is 5.28. The van der Waals surface area contributed by atoms with Crippen molar-refractivity contribution in [2.45, 2.75) is 54.1 Å². The van der Waals surface area contributed by atoms with E-state index < -0.39 is 29.7 Å². The number of benzene rings is 1. The normalized spacial score (nSPS) is 13.9. The smallest absolute Gasteiger partial charge is 0.309 e. The number of nitrogens with zero attached hydrogens (tertiary/aromatic N) is 3. The first-order valence-electron chi connectivity index (χ1n) is 12.2. The predicted octanol–water partition coefficient (Wildman–Crippen LogP) is 5.32. The van der Waals surface area contributed by atoms with Crippen molar-refractivity contribution in [2.75, 3.05) is 6.61 Å². The molecule has 9 nitrogen and oxygen atoms in total. The van der Waals surface area contributed by atoms with Gasteiger partial charge in [-0.1, -0.05) is 20.8 Å². The molecule has 0 radical (unpaired) electrons. The highest BCUT2D eigenvalue weighted by Crippen LogP contribution is 2.34. The van der Waals surface area contributed by atoms with E-state index in [1.165, 1.54) is 6.33 Å². The molecule has 1 N–H and O–H groups in total. The number of ketones is 1. The summed E-state index contributed by atoms with van der Waals surface area (Å²) in [5.74, 6) is -1.15. The molecule has 0 spiro atoms. The summed E-state index contributed by atoms with van der Waals surface area (Å²) in [4.78, 5) is 31.7. The maximum Gasteiger partial charge on any atom is 0.309 e. The highest BCUT2D eigenvalue weighted by atomic mass is 19.1. The van der Waals surface area contributed by atoms with Crippen LogP contribution in [0.4, 0.5) is 4.39 Å². The number of hydrogen-bond donors (Lipinski definition) is 1. The van der Waals surface area contributed by atoms with Gasteiger partial charge in [-0.3, -0.25) is 9.59 Å². The molecule has 0 aliphatic rings. The number of Topliss-reactive ketones (excluding diaryl/α,β-unsaturated/α-hetero) is 1. The highest BCUT2D eigenvalue weighted by Gasteiger charge is 2.27. The Hall–Kier alpha value is -3.95. The zero-order valence-electron chi connectivity index (χ0n) is 21.8. The van der Waals surface area contributed by atoms with Crippen LogP contribution in [0.25, 0.3) is 16.4 Å². The minimum absolute atomic E-state index is 0.0200. The Morgan fingerprint density at radius 3 is 2.62 bits per heavy atom. The average Bonchev–Trinajstić information content (AvgIpc) is 3.42. The second kappa shape index (κ2) is 10.6. The molecule has 4 aromatic rings. The van der Waals surface area contributed by atoms with Crippen molar-refractivity contribution in [3.8, 4) is 17.4 Å². The van der Waals surface area contributed by atoms with E-state index in [4.69, 9.17) is 14.2 Å². The Bertz CT molecular complexity index is 1460. The summed E-state index contributed by atoms with van der Waals surface area (Å²) in [6.07, 6.45) is 2.80. The maximum absolute atomic E-state index is 15.1. The molecular weight excluding hydrogens is 479 g/mol. The number of halogens is 1. The number of aromatic nitrogens is 4. The molecule has 3 aromatic heterocycles. The monoisotopic (exact) mass is 510 g/mol. The average molecular weight is 511 g/mol. The lowest BCUT2D eigenvalue weighted by Gasteiger charge is -2.20. The van der Waals surface area contributed by atoms with E-state index in [0.717, 1.165) is 5.69 Å². The largest absolute Gasteiger partial charge is 0.488 e. The van der Waals surface area contributed by atoms with E-state index in [1.807, 2.05) is 13.8 Å². The predicted molar refractivity (Wildman–Crippen MR) is 135 cm³/mol. The van der Waals surface area contributed by atoms with Crippen LogP contribution in [0.15, 0.2) is 30.7 Å². The number of aromatic amines is 1. The second-order valence-corrected chi connectivity index (χ2v) is 9.33. The van der Waals surface area contributed by atoms with Crippen LogP contribution in [0, 0.1) is 31.5 Å². The molecule has 0 amide bonds. The molecule has 3 atom stereocenters. The molecule has 2 unspecified atom stereocenters. The van der Waals surface area contributed by atoms with Gasteiger partial charge in [-0.25, -0.2) is 8.91 Å². The number of carbonyl (C=O) groups excluding carboxylic acids is 2. The van der Waals surface area contributed by atoms with Crippen molar-refractivity contribution in [3.05, 3.63) is 47.8 Å². The minimum Gasteiger partial charge on any atom is -0.488 e. The Kier molecular flexibility index (Phi) is 7.47. The zero-order valence-corrected chi connectivity index (χ0v) is 21.8. The second-order valence-electron chi connectivity index (χ2n) is 9.33. The molecule has 0 saturated carbocycles. The Balaban J connectivity index is 1.48. The van der Waals surface area contributed by atoms with Crippen LogP contribution in [0.3, 0.4) is 0 Å². The first-order valence-corrected chi connectivity index (χ1v) is 12.2. The van der Waals surface area contributed by atoms with Gasteiger partial charge in [0.2, 0.25) is 5.88 Å². The number of aryl methyl sites for hydroxylation is 2. The van der Waals surface area contributed by atoms with Crippen LogP contribution in [0.5, 0.6) is 17.4 Å². The lowest BCUT2D eigenvalue weighted by atomic mass is 9.91. The first kappa shape index (κ1) is 26.1. The van der Waals surface area contributed by atoms with E-state index in [1.54, 1.807) is 56.6 Å². The van der Waals surface area contributed by atoms with E-state index >= 15 is 4.39 Å². The fourth-order valence-corrected chi connectivity index (χ4v) is 4.15. The number of hydrogen-bond acceptors (Lipinski definition) is 7. The number of rotatable bonds is 10. The van der Waals surface area contributed by atoms with Crippen LogP contribution < -0.4 is 9.47 Å². The standard InChI is InChI=1S/C27H31FN4O5/c1-7-21(33)16(4)17(5)27(34)36-15(3)12-35-23-11-32-25(18(23)6)26(29-13-30-32)37-22-9-8-20-19(24(22)28)10-14(2)31-20/h8-11,13,15-17,31H,7,12H2,1-6H3/t15-,16?,17?/m1/s1. The van der Waals surface area contributed by atoms with Crippen molar-refractivity contribution in [1.29, 1.82) is 0 Å². The highest BCUT2D eigenvalue weighted by molar-refractivity contribution is 5.86. The van der Waals surface area contributed by atoms with Gasteiger partial charge in [0.05, 0.1) is 12.1 Å². The van der Waals surface area contributed by atoms with Gasteiger partial charge >= 0.3 is 5.97 Å². The number of ether oxygens (including phenoxy) is 3. The fraction of sp³-hybridized carbons (Fsp3) is 0.407.